The molecule has 8 nitrogen and oxygen atoms in total. The summed E-state index contributed by atoms with van der Waals surface area (Å²) in [5, 5.41) is 36.0. The molecule has 0 aliphatic heterocycles. The highest BCUT2D eigenvalue weighted by Crippen LogP contribution is 2.29. The predicted octanol–water partition coefficient (Wildman–Crippen LogP) is 4.06. The SMILES string of the molecule is Cl.O=[N+]([O-])c1cc(C(O)CNCCOc2ccc3c(c2)[nH]c2ccccc23)ccc1O. The molecule has 162 valence electrons. The quantitative estimate of drug-likeness (QED) is 0.185. The monoisotopic (exact) mass is 443 g/mol. The normalized spacial score (nSPS) is 11.9. The summed E-state index contributed by atoms with van der Waals surface area (Å²) in [6.07, 6.45) is -0.938. The van der Waals surface area contributed by atoms with E-state index in [0.29, 0.717) is 18.7 Å². The number of aromatic amines is 1. The van der Waals surface area contributed by atoms with Crippen molar-refractivity contribution in [1.29, 1.82) is 0 Å². The molecule has 1 aromatic heterocycles. The molecular weight excluding hydrogens is 422 g/mol. The van der Waals surface area contributed by atoms with Crippen LogP contribution in [-0.4, -0.2) is 39.8 Å². The van der Waals surface area contributed by atoms with Gasteiger partial charge in [-0.05, 0) is 29.8 Å². The van der Waals surface area contributed by atoms with Gasteiger partial charge in [0, 0.05) is 41.5 Å². The van der Waals surface area contributed by atoms with Crippen molar-refractivity contribution in [1.82, 2.24) is 10.3 Å². The third kappa shape index (κ3) is 4.88. The van der Waals surface area contributed by atoms with Gasteiger partial charge in [0.25, 0.3) is 0 Å². The highest BCUT2D eigenvalue weighted by Gasteiger charge is 2.17. The van der Waals surface area contributed by atoms with Gasteiger partial charge < -0.3 is 25.3 Å². The largest absolute Gasteiger partial charge is 0.502 e. The van der Waals surface area contributed by atoms with Crippen molar-refractivity contribution in [2.24, 2.45) is 0 Å². The van der Waals surface area contributed by atoms with Crippen molar-refractivity contribution < 1.29 is 19.9 Å². The van der Waals surface area contributed by atoms with E-state index in [9.17, 15) is 20.3 Å². The van der Waals surface area contributed by atoms with Crippen LogP contribution in [0.4, 0.5) is 5.69 Å². The summed E-state index contributed by atoms with van der Waals surface area (Å²) >= 11 is 0. The van der Waals surface area contributed by atoms with E-state index in [2.05, 4.69) is 16.4 Å². The second kappa shape index (κ2) is 9.65. The highest BCUT2D eigenvalue weighted by atomic mass is 35.5. The van der Waals surface area contributed by atoms with E-state index in [1.54, 1.807) is 0 Å². The topological polar surface area (TPSA) is 121 Å². The van der Waals surface area contributed by atoms with E-state index in [0.717, 1.165) is 22.2 Å². The van der Waals surface area contributed by atoms with Gasteiger partial charge in [0.05, 0.1) is 16.5 Å². The summed E-state index contributed by atoms with van der Waals surface area (Å²) in [5.41, 5.74) is 2.01. The molecule has 1 unspecified atom stereocenters. The maximum atomic E-state index is 10.9. The number of fused-ring (bicyclic) bond motifs is 3. The molecule has 0 fully saturated rings. The van der Waals surface area contributed by atoms with Crippen LogP contribution in [-0.2, 0) is 0 Å². The fourth-order valence-corrected chi connectivity index (χ4v) is 3.42. The Morgan fingerprint density at radius 3 is 2.65 bits per heavy atom. The van der Waals surface area contributed by atoms with E-state index in [1.807, 2.05) is 36.4 Å². The van der Waals surface area contributed by atoms with E-state index in [-0.39, 0.29) is 19.0 Å². The summed E-state index contributed by atoms with van der Waals surface area (Å²) < 4.78 is 5.78. The molecule has 3 aromatic carbocycles. The van der Waals surface area contributed by atoms with Gasteiger partial charge >= 0.3 is 5.69 Å². The molecule has 4 rings (SSSR count). The van der Waals surface area contributed by atoms with Crippen molar-refractivity contribution in [2.45, 2.75) is 6.10 Å². The molecule has 0 saturated carbocycles. The Labute approximate surface area is 184 Å². The highest BCUT2D eigenvalue weighted by molar-refractivity contribution is 6.07. The van der Waals surface area contributed by atoms with Gasteiger partial charge in [-0.1, -0.05) is 24.3 Å². The number of benzene rings is 3. The van der Waals surface area contributed by atoms with E-state index in [1.165, 1.54) is 23.6 Å². The molecule has 4 aromatic rings. The maximum Gasteiger partial charge on any atom is 0.311 e. The van der Waals surface area contributed by atoms with Gasteiger partial charge in [-0.25, -0.2) is 0 Å². The predicted molar refractivity (Wildman–Crippen MR) is 121 cm³/mol. The van der Waals surface area contributed by atoms with Crippen LogP contribution >= 0.6 is 12.4 Å². The number of H-pyrrole nitrogens is 1. The third-order valence-corrected chi connectivity index (χ3v) is 4.94. The number of aromatic hydroxyl groups is 1. The van der Waals surface area contributed by atoms with Crippen molar-refractivity contribution in [3.8, 4) is 11.5 Å². The zero-order valence-corrected chi connectivity index (χ0v) is 17.3. The van der Waals surface area contributed by atoms with Crippen molar-refractivity contribution >= 4 is 39.9 Å². The fraction of sp³-hybridized carbons (Fsp3) is 0.182. The van der Waals surface area contributed by atoms with Crippen LogP contribution in [0.2, 0.25) is 0 Å². The maximum absolute atomic E-state index is 10.9. The number of hydrogen-bond donors (Lipinski definition) is 4. The summed E-state index contributed by atoms with van der Waals surface area (Å²) in [6, 6.07) is 17.9. The number of hydrogen-bond acceptors (Lipinski definition) is 6. The van der Waals surface area contributed by atoms with Gasteiger partial charge in [0.1, 0.15) is 12.4 Å². The molecule has 31 heavy (non-hydrogen) atoms. The minimum atomic E-state index is -0.938. The number of nitro benzene ring substituents is 1. The Morgan fingerprint density at radius 1 is 1.06 bits per heavy atom. The molecule has 0 aliphatic carbocycles. The number of phenolic OH excluding ortho intramolecular Hbond substituents is 1. The van der Waals surface area contributed by atoms with Crippen molar-refractivity contribution in [3.63, 3.8) is 0 Å². The number of nitrogens with zero attached hydrogens (tertiary/aromatic N) is 1. The van der Waals surface area contributed by atoms with Crippen LogP contribution in [0.3, 0.4) is 0 Å². The number of rotatable bonds is 8. The first kappa shape index (κ1) is 22.4. The number of para-hydroxylation sites is 1. The molecule has 0 radical (unpaired) electrons. The molecule has 0 spiro atoms. The minimum absolute atomic E-state index is 0. The number of aliphatic hydroxyl groups excluding tert-OH is 1. The Balaban J connectivity index is 0.00000272. The first-order valence-electron chi connectivity index (χ1n) is 9.52. The molecule has 4 N–H and O–H groups in total. The first-order valence-corrected chi connectivity index (χ1v) is 9.52. The van der Waals surface area contributed by atoms with Crippen molar-refractivity contribution in [3.05, 3.63) is 76.3 Å². The summed E-state index contributed by atoms with van der Waals surface area (Å²) in [7, 11) is 0. The Bertz CT molecular complexity index is 1210. The number of aromatic nitrogens is 1. The molecule has 9 heteroatoms. The van der Waals surface area contributed by atoms with Gasteiger partial charge in [-0.15, -0.1) is 12.4 Å². The van der Waals surface area contributed by atoms with E-state index < -0.39 is 22.5 Å². The lowest BCUT2D eigenvalue weighted by molar-refractivity contribution is -0.386. The Hall–Kier alpha value is -3.33. The van der Waals surface area contributed by atoms with Crippen LogP contribution in [0, 0.1) is 10.1 Å². The van der Waals surface area contributed by atoms with Crippen LogP contribution in [0.25, 0.3) is 21.8 Å². The zero-order chi connectivity index (χ0) is 21.1. The molecule has 1 heterocycles. The number of nitrogens with one attached hydrogen (secondary N) is 2. The second-order valence-electron chi connectivity index (χ2n) is 6.95. The average molecular weight is 444 g/mol. The Morgan fingerprint density at radius 2 is 1.84 bits per heavy atom. The third-order valence-electron chi connectivity index (χ3n) is 4.94. The molecular formula is C22H22ClN3O5. The lowest BCUT2D eigenvalue weighted by Crippen LogP contribution is -2.26. The van der Waals surface area contributed by atoms with Gasteiger partial charge in [-0.2, -0.15) is 0 Å². The van der Waals surface area contributed by atoms with Gasteiger partial charge in [0.15, 0.2) is 5.75 Å². The smallest absolute Gasteiger partial charge is 0.311 e. The molecule has 0 saturated heterocycles. The van der Waals surface area contributed by atoms with Crippen LogP contribution < -0.4 is 10.1 Å². The number of phenols is 1. The molecule has 0 amide bonds. The summed E-state index contributed by atoms with van der Waals surface area (Å²) in [6.45, 7) is 1.09. The molecule has 1 atom stereocenters. The Kier molecular flexibility index (Phi) is 6.96. The van der Waals surface area contributed by atoms with Gasteiger partial charge in [-0.3, -0.25) is 10.1 Å². The fourth-order valence-electron chi connectivity index (χ4n) is 3.42. The first-order chi connectivity index (χ1) is 14.5. The summed E-state index contributed by atoms with van der Waals surface area (Å²) in [4.78, 5) is 13.6. The van der Waals surface area contributed by atoms with E-state index in [4.69, 9.17) is 4.74 Å². The van der Waals surface area contributed by atoms with Gasteiger partial charge in [0.2, 0.25) is 0 Å². The number of nitro groups is 1. The summed E-state index contributed by atoms with van der Waals surface area (Å²) in [5.74, 6) is 0.315. The van der Waals surface area contributed by atoms with Crippen molar-refractivity contribution in [2.75, 3.05) is 19.7 Å². The standard InChI is InChI=1S/C22H21N3O5.ClH/c26-21-8-5-14(11-20(21)25(28)29)22(27)13-23-9-10-30-15-6-7-17-16-3-1-2-4-18(16)24-19(17)12-15;/h1-8,11-12,22-24,26-27H,9-10,13H2;1H. The second-order valence-corrected chi connectivity index (χ2v) is 6.95. The lowest BCUT2D eigenvalue weighted by atomic mass is 10.1. The average Bonchev–Trinajstić information content (AvgIpc) is 3.11. The molecule has 0 aliphatic rings. The van der Waals surface area contributed by atoms with Crippen LogP contribution in [0.15, 0.2) is 60.7 Å². The lowest BCUT2D eigenvalue weighted by Gasteiger charge is -2.13. The number of aliphatic hydroxyl groups is 1. The molecule has 0 bridgehead atoms. The van der Waals surface area contributed by atoms with Crippen LogP contribution in [0.5, 0.6) is 11.5 Å². The number of ether oxygens (including phenoxy) is 1. The zero-order valence-electron chi connectivity index (χ0n) is 16.4. The number of halogens is 1. The van der Waals surface area contributed by atoms with E-state index >= 15 is 0 Å². The van der Waals surface area contributed by atoms with Crippen LogP contribution in [0.1, 0.15) is 11.7 Å². The minimum Gasteiger partial charge on any atom is -0.502 e.